The molecule has 2 heterocycles. The molecule has 0 radical (unpaired) electrons. The van der Waals surface area contributed by atoms with Crippen molar-refractivity contribution in [1.29, 1.82) is 0 Å². The molecule has 0 aliphatic rings. The number of aryl methyl sites for hydroxylation is 1. The number of hydrogen-bond donors (Lipinski definition) is 2. The lowest BCUT2D eigenvalue weighted by Gasteiger charge is -2.16. The van der Waals surface area contributed by atoms with E-state index in [4.69, 9.17) is 10.8 Å². The van der Waals surface area contributed by atoms with E-state index in [-0.39, 0.29) is 11.5 Å². The first-order valence-electron chi connectivity index (χ1n) is 6.73. The van der Waals surface area contributed by atoms with E-state index in [1.165, 1.54) is 0 Å². The fourth-order valence-corrected chi connectivity index (χ4v) is 2.95. The molecule has 3 N–H and O–H groups in total. The summed E-state index contributed by atoms with van der Waals surface area (Å²) in [7, 11) is 0. The fourth-order valence-electron chi connectivity index (χ4n) is 1.88. The number of nitrogens with one attached hydrogen (secondary N) is 1. The minimum Gasteiger partial charge on any atom is -0.271 e. The maximum atomic E-state index is 5.68. The highest BCUT2D eigenvalue weighted by atomic mass is 32.1. The molecule has 4 nitrogen and oxygen atoms in total. The summed E-state index contributed by atoms with van der Waals surface area (Å²) in [6, 6.07) is 4.11. The van der Waals surface area contributed by atoms with Gasteiger partial charge in [-0.1, -0.05) is 26.8 Å². The summed E-state index contributed by atoms with van der Waals surface area (Å²) in [5, 5.41) is 3.23. The molecule has 1 atom stereocenters. The Morgan fingerprint density at radius 2 is 2.10 bits per heavy atom. The molecule has 0 saturated heterocycles. The van der Waals surface area contributed by atoms with Crippen molar-refractivity contribution in [3.8, 4) is 0 Å². The zero-order valence-electron chi connectivity index (χ0n) is 12.5. The quantitative estimate of drug-likeness (QED) is 0.671. The van der Waals surface area contributed by atoms with Crippen LogP contribution in [0.2, 0.25) is 0 Å². The molecule has 0 fully saturated rings. The zero-order chi connectivity index (χ0) is 14.8. The largest absolute Gasteiger partial charge is 0.271 e. The lowest BCUT2D eigenvalue weighted by Crippen LogP contribution is -2.29. The summed E-state index contributed by atoms with van der Waals surface area (Å²) in [5.74, 6) is 5.68. The average molecular weight is 290 g/mol. The van der Waals surface area contributed by atoms with E-state index in [1.54, 1.807) is 11.3 Å². The van der Waals surface area contributed by atoms with Crippen molar-refractivity contribution >= 4 is 11.3 Å². The van der Waals surface area contributed by atoms with Gasteiger partial charge in [-0.05, 0) is 18.6 Å². The van der Waals surface area contributed by atoms with Gasteiger partial charge in [0.1, 0.15) is 0 Å². The van der Waals surface area contributed by atoms with Crippen molar-refractivity contribution in [2.45, 2.75) is 45.6 Å². The average Bonchev–Trinajstić information content (AvgIpc) is 2.85. The molecule has 0 aliphatic heterocycles. The Bertz CT molecular complexity index is 554. The second-order valence-electron chi connectivity index (χ2n) is 6.03. The van der Waals surface area contributed by atoms with Crippen LogP contribution in [0.5, 0.6) is 0 Å². The molecule has 0 saturated carbocycles. The summed E-state index contributed by atoms with van der Waals surface area (Å²) in [5.41, 5.74) is 6.18. The van der Waals surface area contributed by atoms with Crippen molar-refractivity contribution in [3.63, 3.8) is 0 Å². The molecular formula is C15H22N4S. The molecule has 2 aromatic rings. The molecule has 0 amide bonds. The van der Waals surface area contributed by atoms with Gasteiger partial charge < -0.3 is 0 Å². The number of nitrogens with two attached hydrogens (primary N) is 1. The van der Waals surface area contributed by atoms with E-state index >= 15 is 0 Å². The number of hydrogen-bond acceptors (Lipinski definition) is 5. The summed E-state index contributed by atoms with van der Waals surface area (Å²) in [4.78, 5) is 9.04. The zero-order valence-corrected chi connectivity index (χ0v) is 13.3. The van der Waals surface area contributed by atoms with Crippen molar-refractivity contribution in [2.24, 2.45) is 5.84 Å². The molecule has 108 valence electrons. The second kappa shape index (κ2) is 5.99. The van der Waals surface area contributed by atoms with Crippen LogP contribution in [0.25, 0.3) is 0 Å². The minimum absolute atomic E-state index is 0.0436. The number of pyridine rings is 1. The third-order valence-corrected chi connectivity index (χ3v) is 4.11. The molecule has 1 unspecified atom stereocenters. The van der Waals surface area contributed by atoms with Gasteiger partial charge in [0.05, 0.1) is 16.7 Å². The van der Waals surface area contributed by atoms with Gasteiger partial charge >= 0.3 is 0 Å². The molecule has 0 bridgehead atoms. The van der Waals surface area contributed by atoms with Crippen molar-refractivity contribution in [1.82, 2.24) is 15.4 Å². The number of aromatic nitrogens is 2. The SMILES string of the molecule is Cc1ccc(C(Cc2nc(C(C)(C)C)cs2)NN)cn1. The van der Waals surface area contributed by atoms with Gasteiger partial charge in [-0.2, -0.15) is 0 Å². The van der Waals surface area contributed by atoms with E-state index in [0.29, 0.717) is 0 Å². The Morgan fingerprint density at radius 1 is 1.35 bits per heavy atom. The molecule has 0 spiro atoms. The highest BCUT2D eigenvalue weighted by Gasteiger charge is 2.19. The van der Waals surface area contributed by atoms with E-state index in [2.05, 4.69) is 42.6 Å². The molecule has 2 rings (SSSR count). The van der Waals surface area contributed by atoms with Crippen LogP contribution in [0.1, 0.15) is 48.8 Å². The second-order valence-corrected chi connectivity index (χ2v) is 6.98. The summed E-state index contributed by atoms with van der Waals surface area (Å²) < 4.78 is 0. The van der Waals surface area contributed by atoms with Crippen molar-refractivity contribution in [2.75, 3.05) is 0 Å². The first kappa shape index (κ1) is 15.1. The minimum atomic E-state index is 0.0436. The van der Waals surface area contributed by atoms with Gasteiger partial charge in [0, 0.05) is 29.1 Å². The van der Waals surface area contributed by atoms with Gasteiger partial charge in [0.15, 0.2) is 0 Å². The molecule has 0 aromatic carbocycles. The van der Waals surface area contributed by atoms with Gasteiger partial charge in [-0.3, -0.25) is 16.3 Å². The van der Waals surface area contributed by atoms with E-state index < -0.39 is 0 Å². The Labute approximate surface area is 124 Å². The third kappa shape index (κ3) is 3.62. The van der Waals surface area contributed by atoms with Crippen LogP contribution >= 0.6 is 11.3 Å². The smallest absolute Gasteiger partial charge is 0.0948 e. The van der Waals surface area contributed by atoms with Crippen molar-refractivity contribution < 1.29 is 0 Å². The molecule has 20 heavy (non-hydrogen) atoms. The van der Waals surface area contributed by atoms with Crippen LogP contribution in [0.3, 0.4) is 0 Å². The first-order valence-corrected chi connectivity index (χ1v) is 7.61. The van der Waals surface area contributed by atoms with E-state index in [0.717, 1.165) is 28.4 Å². The highest BCUT2D eigenvalue weighted by Crippen LogP contribution is 2.26. The van der Waals surface area contributed by atoms with Gasteiger partial charge in [0.2, 0.25) is 0 Å². The Kier molecular flexibility index (Phi) is 4.52. The topological polar surface area (TPSA) is 63.8 Å². The maximum Gasteiger partial charge on any atom is 0.0948 e. The van der Waals surface area contributed by atoms with Crippen LogP contribution in [0.15, 0.2) is 23.7 Å². The lowest BCUT2D eigenvalue weighted by atomic mass is 9.93. The Hall–Kier alpha value is -1.30. The maximum absolute atomic E-state index is 5.68. The summed E-state index contributed by atoms with van der Waals surface area (Å²) in [6.07, 6.45) is 2.65. The standard InChI is InChI=1S/C15H22N4S/c1-10-5-6-11(8-17-10)12(19-16)7-14-18-13(9-20-14)15(2,3)4/h5-6,8-9,12,19H,7,16H2,1-4H3. The molecule has 5 heteroatoms. The fraction of sp³-hybridized carbons (Fsp3) is 0.467. The van der Waals surface area contributed by atoms with E-state index in [9.17, 15) is 0 Å². The molecule has 2 aromatic heterocycles. The predicted octanol–water partition coefficient (Wildman–Crippen LogP) is 2.89. The summed E-state index contributed by atoms with van der Waals surface area (Å²) >= 11 is 1.69. The number of hydrazine groups is 1. The highest BCUT2D eigenvalue weighted by molar-refractivity contribution is 7.09. The Balaban J connectivity index is 2.14. The predicted molar refractivity (Wildman–Crippen MR) is 83.6 cm³/mol. The monoisotopic (exact) mass is 290 g/mol. The lowest BCUT2D eigenvalue weighted by molar-refractivity contribution is 0.539. The normalized spacial score (nSPS) is 13.4. The molecule has 0 aliphatic carbocycles. The van der Waals surface area contributed by atoms with Crippen LogP contribution in [0, 0.1) is 6.92 Å². The number of nitrogens with zero attached hydrogens (tertiary/aromatic N) is 2. The van der Waals surface area contributed by atoms with Crippen LogP contribution in [-0.2, 0) is 11.8 Å². The Morgan fingerprint density at radius 3 is 2.60 bits per heavy atom. The summed E-state index contributed by atoms with van der Waals surface area (Å²) in [6.45, 7) is 8.50. The van der Waals surface area contributed by atoms with E-state index in [1.807, 2.05) is 19.2 Å². The van der Waals surface area contributed by atoms with Gasteiger partial charge in [-0.25, -0.2) is 4.98 Å². The van der Waals surface area contributed by atoms with Gasteiger partial charge in [0.25, 0.3) is 0 Å². The number of thiazole rings is 1. The van der Waals surface area contributed by atoms with Crippen LogP contribution < -0.4 is 11.3 Å². The van der Waals surface area contributed by atoms with Crippen LogP contribution in [-0.4, -0.2) is 9.97 Å². The number of rotatable bonds is 4. The van der Waals surface area contributed by atoms with Gasteiger partial charge in [-0.15, -0.1) is 11.3 Å². The van der Waals surface area contributed by atoms with Crippen LogP contribution in [0.4, 0.5) is 0 Å². The third-order valence-electron chi connectivity index (χ3n) is 3.24. The molecular weight excluding hydrogens is 268 g/mol. The van der Waals surface area contributed by atoms with Crippen molar-refractivity contribution in [3.05, 3.63) is 45.7 Å². The first-order chi connectivity index (χ1) is 9.40.